The van der Waals surface area contributed by atoms with Crippen LogP contribution in [-0.4, -0.2) is 161 Å². The molecule has 0 spiro atoms. The van der Waals surface area contributed by atoms with Crippen LogP contribution in [0, 0.1) is 23.7 Å². The summed E-state index contributed by atoms with van der Waals surface area (Å²) in [6.45, 7) is 15.9. The van der Waals surface area contributed by atoms with E-state index in [2.05, 4.69) is 0 Å². The van der Waals surface area contributed by atoms with Crippen molar-refractivity contribution in [1.82, 2.24) is 4.90 Å². The number of allylic oxidation sites excluding steroid dienone is 4. The van der Waals surface area contributed by atoms with Gasteiger partial charge in [-0.25, -0.2) is 9.59 Å². The molecule has 0 amide bonds. The van der Waals surface area contributed by atoms with Gasteiger partial charge in [0, 0.05) is 58.8 Å². The van der Waals surface area contributed by atoms with Crippen LogP contribution in [0.3, 0.4) is 0 Å². The normalized spacial score (nSPS) is 36.4. The molecule has 1 N–H and O–H groups in total. The number of aliphatic hydroxyl groups is 1. The number of esters is 5. The number of rotatable bonds is 16. The SMILES string of the molecule is CCOC(=O)/C=C/C[C@H]1C[C@@H](C)C(=O)/C=C/C(C)=C/[C@H](CO[C@@H]2O[C@H](C)[C@@H](OC(C)=O)[C@@H](OC)[C@H]2OC)[C@@H](CC)OC(=O)/C=C(/O)[C@H](C)[C@H]1O[C@H]1O[C@@H](C)[C@H](OC(C)=O)[C@@H](N(C)C)[C@@H]1OC(C)=O. The number of ether oxygens (including phenoxy) is 11. The first-order valence-electron chi connectivity index (χ1n) is 23.2. The van der Waals surface area contributed by atoms with Crippen molar-refractivity contribution in [2.75, 3.05) is 41.5 Å². The molecule has 0 aromatic rings. The van der Waals surface area contributed by atoms with Gasteiger partial charge >= 0.3 is 29.8 Å². The molecule has 0 saturated carbocycles. The third-order valence-electron chi connectivity index (χ3n) is 12.2. The molecular weight excluding hydrogens is 891 g/mol. The number of hydrogen-bond acceptors (Lipinski definition) is 19. The first-order chi connectivity index (χ1) is 32.1. The summed E-state index contributed by atoms with van der Waals surface area (Å²) in [7, 11) is 6.36. The van der Waals surface area contributed by atoms with Crippen LogP contribution in [0.25, 0.3) is 0 Å². The number of cyclic esters (lactones) is 1. The van der Waals surface area contributed by atoms with Crippen LogP contribution in [0.4, 0.5) is 0 Å². The largest absolute Gasteiger partial charge is 0.512 e. The van der Waals surface area contributed by atoms with Crippen molar-refractivity contribution in [3.05, 3.63) is 47.8 Å². The number of ketones is 1. The van der Waals surface area contributed by atoms with E-state index in [0.717, 1.165) is 6.08 Å². The molecule has 3 aliphatic heterocycles. The highest BCUT2D eigenvalue weighted by molar-refractivity contribution is 5.91. The molecule has 0 bridgehead atoms. The molecule has 384 valence electrons. The number of carbonyl (C=O) groups is 6. The second-order valence-electron chi connectivity index (χ2n) is 17.8. The Hall–Kier alpha value is -4.50. The number of likely N-dealkylation sites (N-methyl/N-ethyl adjacent to an activating group) is 1. The van der Waals surface area contributed by atoms with E-state index < -0.39 is 133 Å². The smallest absolute Gasteiger partial charge is 0.334 e. The molecule has 19 nitrogen and oxygen atoms in total. The first kappa shape index (κ1) is 57.8. The van der Waals surface area contributed by atoms with Gasteiger partial charge in [0.05, 0.1) is 43.6 Å². The van der Waals surface area contributed by atoms with Crippen molar-refractivity contribution in [2.24, 2.45) is 23.7 Å². The Morgan fingerprint density at radius 3 is 1.97 bits per heavy atom. The highest BCUT2D eigenvalue weighted by Gasteiger charge is 2.52. The number of methoxy groups -OCH3 is 2. The highest BCUT2D eigenvalue weighted by Crippen LogP contribution is 2.37. The molecule has 2 fully saturated rings. The second-order valence-corrected chi connectivity index (χ2v) is 17.8. The minimum atomic E-state index is -1.33. The van der Waals surface area contributed by atoms with E-state index in [1.807, 2.05) is 13.0 Å². The van der Waals surface area contributed by atoms with Crippen LogP contribution in [0.5, 0.6) is 0 Å². The van der Waals surface area contributed by atoms with E-state index >= 15 is 0 Å². The van der Waals surface area contributed by atoms with Gasteiger partial charge in [0.25, 0.3) is 0 Å². The molecule has 16 atom stereocenters. The zero-order valence-electron chi connectivity index (χ0n) is 42.1. The molecule has 68 heavy (non-hydrogen) atoms. The number of hydrogen-bond donors (Lipinski definition) is 1. The van der Waals surface area contributed by atoms with Crippen molar-refractivity contribution < 1.29 is 86.0 Å². The van der Waals surface area contributed by atoms with E-state index in [0.29, 0.717) is 12.0 Å². The van der Waals surface area contributed by atoms with Crippen LogP contribution < -0.4 is 0 Å². The molecule has 3 rings (SSSR count). The molecule has 0 aromatic carbocycles. The Bertz CT molecular complexity index is 1830. The van der Waals surface area contributed by atoms with E-state index in [9.17, 15) is 33.9 Å². The Kier molecular flexibility index (Phi) is 23.5. The van der Waals surface area contributed by atoms with E-state index in [-0.39, 0.29) is 31.8 Å². The summed E-state index contributed by atoms with van der Waals surface area (Å²) in [4.78, 5) is 79.0. The van der Waals surface area contributed by atoms with Crippen LogP contribution >= 0.6 is 0 Å². The van der Waals surface area contributed by atoms with Crippen LogP contribution in [0.2, 0.25) is 0 Å². The van der Waals surface area contributed by atoms with Gasteiger partial charge in [-0.3, -0.25) is 24.1 Å². The molecule has 2 saturated heterocycles. The van der Waals surface area contributed by atoms with Gasteiger partial charge in [0.2, 0.25) is 0 Å². The Labute approximate surface area is 400 Å². The maximum atomic E-state index is 14.0. The predicted octanol–water partition coefficient (Wildman–Crippen LogP) is 4.89. The number of carbonyl (C=O) groups excluding carboxylic acids is 6. The zero-order chi connectivity index (χ0) is 51.0. The molecule has 0 aliphatic carbocycles. The monoisotopic (exact) mass is 965 g/mol. The lowest BCUT2D eigenvalue weighted by molar-refractivity contribution is -0.306. The molecule has 0 aromatic heterocycles. The average Bonchev–Trinajstić information content (AvgIpc) is 3.25. The Morgan fingerprint density at radius 2 is 1.40 bits per heavy atom. The van der Waals surface area contributed by atoms with E-state index in [4.69, 9.17) is 52.1 Å². The van der Waals surface area contributed by atoms with Gasteiger partial charge < -0.3 is 57.2 Å². The minimum Gasteiger partial charge on any atom is -0.512 e. The van der Waals surface area contributed by atoms with Crippen molar-refractivity contribution in [3.63, 3.8) is 0 Å². The summed E-state index contributed by atoms with van der Waals surface area (Å²) >= 11 is 0. The lowest BCUT2D eigenvalue weighted by atomic mass is 9.81. The third-order valence-corrected chi connectivity index (χ3v) is 12.2. The summed E-state index contributed by atoms with van der Waals surface area (Å²) in [5.41, 5.74) is 0.649. The topological polar surface area (TPSA) is 227 Å². The van der Waals surface area contributed by atoms with Crippen molar-refractivity contribution in [1.29, 1.82) is 0 Å². The lowest BCUT2D eigenvalue weighted by Gasteiger charge is -2.48. The lowest BCUT2D eigenvalue weighted by Crippen LogP contribution is -2.65. The maximum Gasteiger partial charge on any atom is 0.334 e. The van der Waals surface area contributed by atoms with Crippen molar-refractivity contribution >= 4 is 35.6 Å². The van der Waals surface area contributed by atoms with E-state index in [1.54, 1.807) is 72.7 Å². The molecule has 0 unspecified atom stereocenters. The Balaban J connectivity index is 2.14. The van der Waals surface area contributed by atoms with Gasteiger partial charge in [-0.15, -0.1) is 0 Å². The molecule has 3 heterocycles. The number of aliphatic hydroxyl groups excluding tert-OH is 1. The molecule has 3 aliphatic rings. The molecule has 19 heteroatoms. The average molecular weight is 966 g/mol. The van der Waals surface area contributed by atoms with Gasteiger partial charge in [0.1, 0.15) is 30.2 Å². The van der Waals surface area contributed by atoms with Gasteiger partial charge in [-0.2, -0.15) is 0 Å². The summed E-state index contributed by atoms with van der Waals surface area (Å²) in [5.74, 6) is -6.85. The maximum absolute atomic E-state index is 14.0. The zero-order valence-corrected chi connectivity index (χ0v) is 42.1. The quantitative estimate of drug-likeness (QED) is 0.123. The second kappa shape index (κ2) is 27.6. The minimum absolute atomic E-state index is 0.0637. The van der Waals surface area contributed by atoms with E-state index in [1.165, 1.54) is 47.1 Å². The first-order valence-corrected chi connectivity index (χ1v) is 23.2. The van der Waals surface area contributed by atoms with Crippen LogP contribution in [0.15, 0.2) is 47.8 Å². The summed E-state index contributed by atoms with van der Waals surface area (Å²) in [6.07, 6.45) is -0.768. The summed E-state index contributed by atoms with van der Waals surface area (Å²) < 4.78 is 65.3. The van der Waals surface area contributed by atoms with Crippen LogP contribution in [-0.2, 0) is 80.9 Å². The van der Waals surface area contributed by atoms with Crippen LogP contribution in [0.1, 0.15) is 88.5 Å². The summed E-state index contributed by atoms with van der Waals surface area (Å²) in [6, 6.07) is -0.767. The molecule has 0 radical (unpaired) electrons. The van der Waals surface area contributed by atoms with Gasteiger partial charge in [-0.1, -0.05) is 44.6 Å². The standard InChI is InChI=1S/C49H75NO18/c1-15-38-35(25-61-48-47(59-14)46(58-13)44(30(7)62-48)65-32(9)52)22-26(3)20-21-36(54)27(4)23-34(18-17-19-39(56)60-16-2)42(28(5)37(55)24-40(57)67-38)68-49-45(66-33(10)53)41(50(11)12)43(29(6)63-49)64-31(8)51/h17,19-22,24,27-30,34-35,38,41-49,55H,15-16,18,23,25H2,1-14H3/b19-17+,21-20+,26-22+,37-24+/t27-,28+,29+,30-,34+,35-,38-,41-,42-,43+,44-,45+,46-,47-,48-,49-/m1/s1. The van der Waals surface area contributed by atoms with Crippen molar-refractivity contribution in [2.45, 2.75) is 162 Å². The van der Waals surface area contributed by atoms with Crippen molar-refractivity contribution in [3.8, 4) is 0 Å². The Morgan fingerprint density at radius 1 is 0.809 bits per heavy atom. The fraction of sp³-hybridized carbons (Fsp3) is 0.714. The fourth-order valence-electron chi connectivity index (χ4n) is 8.91. The fourth-order valence-corrected chi connectivity index (χ4v) is 8.91. The van der Waals surface area contributed by atoms with Gasteiger partial charge in [-0.05, 0) is 73.0 Å². The van der Waals surface area contributed by atoms with Gasteiger partial charge in [0.15, 0.2) is 30.6 Å². The third kappa shape index (κ3) is 16.6. The highest BCUT2D eigenvalue weighted by atomic mass is 16.7. The predicted molar refractivity (Wildman–Crippen MR) is 244 cm³/mol. The molecular formula is C49H75NO18. The summed E-state index contributed by atoms with van der Waals surface area (Å²) in [5, 5.41) is 11.9. The number of nitrogens with zero attached hydrogens (tertiary/aromatic N) is 1.